The molecule has 0 aliphatic rings. The summed E-state index contributed by atoms with van der Waals surface area (Å²) in [5.41, 5.74) is 0.876. The Kier molecular flexibility index (Phi) is 2.59. The highest BCUT2D eigenvalue weighted by molar-refractivity contribution is 5.80. The summed E-state index contributed by atoms with van der Waals surface area (Å²) in [6.07, 6.45) is 3.49. The van der Waals surface area contributed by atoms with Crippen molar-refractivity contribution in [3.8, 4) is 0 Å². The van der Waals surface area contributed by atoms with Crippen LogP contribution in [-0.4, -0.2) is 19.3 Å². The number of hydrogen-bond acceptors (Lipinski definition) is 2. The van der Waals surface area contributed by atoms with Crippen LogP contribution in [0.5, 0.6) is 0 Å². The Balaban J connectivity index is 2.02. The van der Waals surface area contributed by atoms with E-state index < -0.39 is 0 Å². The molecule has 3 aromatic rings. The maximum atomic E-state index is 13.3. The molecule has 3 rings (SSSR count). The summed E-state index contributed by atoms with van der Waals surface area (Å²) in [4.78, 5) is 4.23. The molecule has 2 aromatic heterocycles. The monoisotopic (exact) mass is 244 g/mol. The van der Waals surface area contributed by atoms with Crippen molar-refractivity contribution in [1.82, 2.24) is 19.3 Å². The lowest BCUT2D eigenvalue weighted by Crippen LogP contribution is -2.08. The van der Waals surface area contributed by atoms with E-state index in [0.29, 0.717) is 6.54 Å². The van der Waals surface area contributed by atoms with Crippen LogP contribution in [0.15, 0.2) is 36.8 Å². The smallest absolute Gasteiger partial charge is 0.146 e. The normalized spacial score (nSPS) is 11.2. The molecule has 0 aliphatic heterocycles. The fourth-order valence-electron chi connectivity index (χ4n) is 2.12. The third-order valence-corrected chi connectivity index (χ3v) is 3.04. The van der Waals surface area contributed by atoms with E-state index in [4.69, 9.17) is 0 Å². The third-order valence-electron chi connectivity index (χ3n) is 3.04. The minimum atomic E-state index is -0.223. The van der Waals surface area contributed by atoms with Crippen LogP contribution in [0, 0.1) is 5.82 Å². The van der Waals surface area contributed by atoms with Gasteiger partial charge in [0.25, 0.3) is 0 Å². The number of nitrogens with zero attached hydrogens (tertiary/aromatic N) is 4. The molecule has 0 bridgehead atoms. The van der Waals surface area contributed by atoms with E-state index in [1.807, 2.05) is 28.4 Å². The van der Waals surface area contributed by atoms with Crippen molar-refractivity contribution in [2.24, 2.45) is 0 Å². The molecule has 1 aromatic carbocycles. The van der Waals surface area contributed by atoms with Crippen LogP contribution < -0.4 is 0 Å². The van der Waals surface area contributed by atoms with Crippen molar-refractivity contribution in [3.63, 3.8) is 0 Å². The SMILES string of the molecule is CCn1ncnc1Cn1ccc2ccc(F)cc21. The Morgan fingerprint density at radius 2 is 2.17 bits per heavy atom. The van der Waals surface area contributed by atoms with E-state index in [-0.39, 0.29) is 5.82 Å². The predicted octanol–water partition coefficient (Wildman–Crippen LogP) is 2.44. The zero-order valence-electron chi connectivity index (χ0n) is 10.0. The number of aryl methyl sites for hydroxylation is 1. The average Bonchev–Trinajstić information content (AvgIpc) is 2.97. The van der Waals surface area contributed by atoms with Crippen molar-refractivity contribution >= 4 is 10.9 Å². The van der Waals surface area contributed by atoms with E-state index in [1.165, 1.54) is 6.07 Å². The largest absolute Gasteiger partial charge is 0.340 e. The van der Waals surface area contributed by atoms with Gasteiger partial charge in [0.05, 0.1) is 12.1 Å². The zero-order chi connectivity index (χ0) is 12.5. The molecule has 0 radical (unpaired) electrons. The summed E-state index contributed by atoms with van der Waals surface area (Å²) in [5, 5.41) is 5.16. The fourth-order valence-corrected chi connectivity index (χ4v) is 2.12. The Labute approximate surface area is 104 Å². The Morgan fingerprint density at radius 1 is 1.28 bits per heavy atom. The first-order chi connectivity index (χ1) is 8.78. The van der Waals surface area contributed by atoms with Crippen LogP contribution in [0.3, 0.4) is 0 Å². The van der Waals surface area contributed by atoms with Gasteiger partial charge in [-0.25, -0.2) is 14.1 Å². The molecule has 0 unspecified atom stereocenters. The summed E-state index contributed by atoms with van der Waals surface area (Å²) in [6.45, 7) is 3.40. The number of benzene rings is 1. The van der Waals surface area contributed by atoms with Gasteiger partial charge in [0.2, 0.25) is 0 Å². The molecule has 0 spiro atoms. The molecule has 0 amide bonds. The quantitative estimate of drug-likeness (QED) is 0.709. The second kappa shape index (κ2) is 4.25. The van der Waals surface area contributed by atoms with Crippen LogP contribution in [0.4, 0.5) is 4.39 Å². The van der Waals surface area contributed by atoms with Gasteiger partial charge in [-0.05, 0) is 36.6 Å². The lowest BCUT2D eigenvalue weighted by atomic mass is 10.2. The number of hydrogen-bond donors (Lipinski definition) is 0. The van der Waals surface area contributed by atoms with E-state index in [1.54, 1.807) is 18.5 Å². The number of aromatic nitrogens is 4. The maximum absolute atomic E-state index is 13.3. The number of fused-ring (bicyclic) bond motifs is 1. The van der Waals surface area contributed by atoms with Crippen LogP contribution in [0.2, 0.25) is 0 Å². The van der Waals surface area contributed by atoms with E-state index >= 15 is 0 Å². The van der Waals surface area contributed by atoms with Crippen LogP contribution in [0.1, 0.15) is 12.7 Å². The number of rotatable bonds is 3. The van der Waals surface area contributed by atoms with E-state index in [0.717, 1.165) is 23.3 Å². The summed E-state index contributed by atoms with van der Waals surface area (Å²) < 4.78 is 17.1. The summed E-state index contributed by atoms with van der Waals surface area (Å²) in [7, 11) is 0. The molecular weight excluding hydrogens is 231 g/mol. The average molecular weight is 244 g/mol. The lowest BCUT2D eigenvalue weighted by Gasteiger charge is -2.06. The number of halogens is 1. The van der Waals surface area contributed by atoms with Crippen molar-refractivity contribution in [2.45, 2.75) is 20.0 Å². The zero-order valence-corrected chi connectivity index (χ0v) is 10.0. The second-order valence-electron chi connectivity index (χ2n) is 4.14. The summed E-state index contributed by atoms with van der Waals surface area (Å²) in [5.74, 6) is 0.652. The lowest BCUT2D eigenvalue weighted by molar-refractivity contribution is 0.596. The highest BCUT2D eigenvalue weighted by Crippen LogP contribution is 2.17. The minimum Gasteiger partial charge on any atom is -0.340 e. The van der Waals surface area contributed by atoms with Gasteiger partial charge in [0.1, 0.15) is 18.0 Å². The van der Waals surface area contributed by atoms with Crippen molar-refractivity contribution < 1.29 is 4.39 Å². The molecule has 0 fully saturated rings. The van der Waals surface area contributed by atoms with Crippen molar-refractivity contribution in [3.05, 3.63) is 48.4 Å². The fraction of sp³-hybridized carbons (Fsp3) is 0.231. The van der Waals surface area contributed by atoms with E-state index in [9.17, 15) is 4.39 Å². The van der Waals surface area contributed by atoms with Gasteiger partial charge in [-0.2, -0.15) is 5.10 Å². The van der Waals surface area contributed by atoms with Gasteiger partial charge in [-0.1, -0.05) is 0 Å². The molecule has 4 nitrogen and oxygen atoms in total. The van der Waals surface area contributed by atoms with Gasteiger partial charge >= 0.3 is 0 Å². The molecule has 0 saturated carbocycles. The van der Waals surface area contributed by atoms with Crippen LogP contribution in [-0.2, 0) is 13.1 Å². The predicted molar refractivity (Wildman–Crippen MR) is 66.7 cm³/mol. The van der Waals surface area contributed by atoms with Crippen molar-refractivity contribution in [2.75, 3.05) is 0 Å². The Hall–Kier alpha value is -2.17. The standard InChI is InChI=1S/C13H13FN4/c1-2-18-13(15-9-16-18)8-17-6-5-10-3-4-11(14)7-12(10)17/h3-7,9H,2,8H2,1H3. The van der Waals surface area contributed by atoms with Gasteiger partial charge in [0.15, 0.2) is 0 Å². The Bertz CT molecular complexity index is 683. The molecule has 0 N–H and O–H groups in total. The van der Waals surface area contributed by atoms with E-state index in [2.05, 4.69) is 10.1 Å². The molecule has 0 saturated heterocycles. The summed E-state index contributed by atoms with van der Waals surface area (Å²) >= 11 is 0. The molecule has 18 heavy (non-hydrogen) atoms. The van der Waals surface area contributed by atoms with Gasteiger partial charge < -0.3 is 4.57 Å². The molecular formula is C13H13FN4. The molecule has 5 heteroatoms. The first kappa shape index (κ1) is 11.0. The van der Waals surface area contributed by atoms with Crippen LogP contribution in [0.25, 0.3) is 10.9 Å². The van der Waals surface area contributed by atoms with Gasteiger partial charge in [0, 0.05) is 12.7 Å². The molecule has 2 heterocycles. The highest BCUT2D eigenvalue weighted by atomic mass is 19.1. The minimum absolute atomic E-state index is 0.223. The topological polar surface area (TPSA) is 35.6 Å². The molecule has 0 aliphatic carbocycles. The first-order valence-corrected chi connectivity index (χ1v) is 5.89. The third kappa shape index (κ3) is 1.77. The first-order valence-electron chi connectivity index (χ1n) is 5.89. The van der Waals surface area contributed by atoms with Crippen LogP contribution >= 0.6 is 0 Å². The van der Waals surface area contributed by atoms with Crippen molar-refractivity contribution in [1.29, 1.82) is 0 Å². The molecule has 92 valence electrons. The highest BCUT2D eigenvalue weighted by Gasteiger charge is 2.07. The maximum Gasteiger partial charge on any atom is 0.146 e. The Morgan fingerprint density at radius 3 is 3.00 bits per heavy atom. The second-order valence-corrected chi connectivity index (χ2v) is 4.14. The van der Waals surface area contributed by atoms with Gasteiger partial charge in [-0.15, -0.1) is 0 Å². The van der Waals surface area contributed by atoms with Gasteiger partial charge in [-0.3, -0.25) is 0 Å². The molecule has 0 atom stereocenters. The summed E-state index contributed by atoms with van der Waals surface area (Å²) in [6, 6.07) is 6.77.